The molecule has 0 aromatic heterocycles. The predicted molar refractivity (Wildman–Crippen MR) is 50.9 cm³/mol. The molecular formula is C11H16O3. The van der Waals surface area contributed by atoms with Crippen LogP contribution in [0.4, 0.5) is 0 Å². The van der Waals surface area contributed by atoms with E-state index in [0.717, 1.165) is 26.1 Å². The van der Waals surface area contributed by atoms with Crippen LogP contribution in [-0.2, 0) is 14.3 Å². The van der Waals surface area contributed by atoms with Crippen molar-refractivity contribution >= 4 is 11.6 Å². The first-order chi connectivity index (χ1) is 6.74. The topological polar surface area (TPSA) is 43.4 Å². The van der Waals surface area contributed by atoms with E-state index < -0.39 is 0 Å². The molecule has 0 amide bonds. The van der Waals surface area contributed by atoms with Crippen molar-refractivity contribution < 1.29 is 14.3 Å². The number of hydrogen-bond donors (Lipinski definition) is 0. The van der Waals surface area contributed by atoms with E-state index in [2.05, 4.69) is 0 Å². The van der Waals surface area contributed by atoms with Crippen LogP contribution in [0.3, 0.4) is 0 Å². The number of Topliss-reactive ketones (excluding diaryl/α,β-unsaturated/α-hetero) is 2. The molecule has 2 fully saturated rings. The Balaban J connectivity index is 1.84. The fraction of sp³-hybridized carbons (Fsp3) is 0.818. The van der Waals surface area contributed by atoms with E-state index >= 15 is 0 Å². The van der Waals surface area contributed by atoms with E-state index in [1.165, 1.54) is 0 Å². The van der Waals surface area contributed by atoms with Crippen LogP contribution in [0.15, 0.2) is 0 Å². The maximum absolute atomic E-state index is 11.2. The minimum atomic E-state index is 0.130. The Morgan fingerprint density at radius 3 is 2.43 bits per heavy atom. The molecule has 0 radical (unpaired) electrons. The van der Waals surface area contributed by atoms with Crippen LogP contribution < -0.4 is 0 Å². The highest BCUT2D eigenvalue weighted by Crippen LogP contribution is 2.28. The average Bonchev–Trinajstić information content (AvgIpc) is 2.54. The third-order valence-electron chi connectivity index (χ3n) is 3.12. The van der Waals surface area contributed by atoms with Gasteiger partial charge in [-0.15, -0.1) is 0 Å². The van der Waals surface area contributed by atoms with Crippen LogP contribution >= 0.6 is 0 Å². The average molecular weight is 196 g/mol. The van der Waals surface area contributed by atoms with Crippen LogP contribution in [0, 0.1) is 11.8 Å². The third kappa shape index (κ3) is 2.41. The van der Waals surface area contributed by atoms with Crippen molar-refractivity contribution in [1.82, 2.24) is 0 Å². The number of carbonyl (C=O) groups is 2. The summed E-state index contributed by atoms with van der Waals surface area (Å²) < 4.78 is 5.28. The number of ketones is 2. The Hall–Kier alpha value is -0.700. The number of hydrogen-bond acceptors (Lipinski definition) is 3. The van der Waals surface area contributed by atoms with Gasteiger partial charge in [0.15, 0.2) is 0 Å². The van der Waals surface area contributed by atoms with Crippen molar-refractivity contribution in [1.29, 1.82) is 0 Å². The highest BCUT2D eigenvalue weighted by molar-refractivity contribution is 6.01. The van der Waals surface area contributed by atoms with Gasteiger partial charge in [0.2, 0.25) is 0 Å². The van der Waals surface area contributed by atoms with Gasteiger partial charge in [-0.3, -0.25) is 9.59 Å². The molecule has 1 aliphatic carbocycles. The molecule has 2 aliphatic rings. The van der Waals surface area contributed by atoms with Gasteiger partial charge in [-0.2, -0.15) is 0 Å². The van der Waals surface area contributed by atoms with E-state index in [0.29, 0.717) is 24.7 Å². The molecule has 0 N–H and O–H groups in total. The zero-order chi connectivity index (χ0) is 9.97. The lowest BCUT2D eigenvalue weighted by molar-refractivity contribution is -0.131. The minimum Gasteiger partial charge on any atom is -0.381 e. The molecule has 78 valence electrons. The first-order valence-electron chi connectivity index (χ1n) is 5.35. The predicted octanol–water partition coefficient (Wildman–Crippen LogP) is 1.35. The zero-order valence-electron chi connectivity index (χ0n) is 8.33. The summed E-state index contributed by atoms with van der Waals surface area (Å²) in [6.07, 6.45) is 3.50. The lowest BCUT2D eigenvalue weighted by atomic mass is 9.81. The summed E-state index contributed by atoms with van der Waals surface area (Å²) in [4.78, 5) is 22.4. The molecule has 1 saturated heterocycles. The van der Waals surface area contributed by atoms with Crippen molar-refractivity contribution in [2.24, 2.45) is 11.8 Å². The maximum atomic E-state index is 11.2. The van der Waals surface area contributed by atoms with E-state index in [1.54, 1.807) is 0 Å². The van der Waals surface area contributed by atoms with E-state index in [4.69, 9.17) is 4.74 Å². The highest BCUT2D eigenvalue weighted by atomic mass is 16.5. The highest BCUT2D eigenvalue weighted by Gasteiger charge is 2.28. The van der Waals surface area contributed by atoms with Crippen LogP contribution in [0.2, 0.25) is 0 Å². The van der Waals surface area contributed by atoms with Gasteiger partial charge in [0.25, 0.3) is 0 Å². The van der Waals surface area contributed by atoms with Crippen molar-refractivity contribution in [3.05, 3.63) is 0 Å². The first-order valence-corrected chi connectivity index (χ1v) is 5.35. The molecule has 0 aromatic rings. The molecule has 1 unspecified atom stereocenters. The Bertz CT molecular complexity index is 225. The Kier molecular flexibility index (Phi) is 2.96. The first kappa shape index (κ1) is 9.84. The summed E-state index contributed by atoms with van der Waals surface area (Å²) in [5.41, 5.74) is 0. The Labute approximate surface area is 83.8 Å². The smallest absolute Gasteiger partial charge is 0.140 e. The van der Waals surface area contributed by atoms with Crippen LogP contribution in [-0.4, -0.2) is 24.8 Å². The molecule has 1 atom stereocenters. The quantitative estimate of drug-likeness (QED) is 0.626. The minimum absolute atomic E-state index is 0.130. The van der Waals surface area contributed by atoms with Crippen molar-refractivity contribution in [2.75, 3.05) is 13.2 Å². The fourth-order valence-electron chi connectivity index (χ4n) is 2.49. The standard InChI is InChI=1S/C11H16O3/c12-10-4-9(5-11(13)6-10)3-8-1-2-14-7-8/h8-9H,1-7H2. The molecule has 3 heteroatoms. The summed E-state index contributed by atoms with van der Waals surface area (Å²) in [5, 5.41) is 0. The maximum Gasteiger partial charge on any atom is 0.140 e. The molecule has 14 heavy (non-hydrogen) atoms. The monoisotopic (exact) mass is 196 g/mol. The molecule has 2 rings (SSSR count). The molecule has 0 aromatic carbocycles. The second-order valence-corrected chi connectivity index (χ2v) is 4.49. The lowest BCUT2D eigenvalue weighted by Gasteiger charge is -2.22. The summed E-state index contributed by atoms with van der Waals surface area (Å²) >= 11 is 0. The lowest BCUT2D eigenvalue weighted by Crippen LogP contribution is -2.24. The number of ether oxygens (including phenoxy) is 1. The van der Waals surface area contributed by atoms with E-state index in [9.17, 15) is 9.59 Å². The van der Waals surface area contributed by atoms with Gasteiger partial charge in [0, 0.05) is 26.1 Å². The van der Waals surface area contributed by atoms with Gasteiger partial charge in [0.1, 0.15) is 11.6 Å². The molecule has 1 heterocycles. The summed E-state index contributed by atoms with van der Waals surface area (Å²) in [7, 11) is 0. The number of carbonyl (C=O) groups excluding carboxylic acids is 2. The number of rotatable bonds is 2. The molecule has 1 aliphatic heterocycles. The van der Waals surface area contributed by atoms with Gasteiger partial charge in [-0.05, 0) is 24.7 Å². The normalized spacial score (nSPS) is 29.9. The van der Waals surface area contributed by atoms with E-state index in [1.807, 2.05) is 0 Å². The van der Waals surface area contributed by atoms with Gasteiger partial charge < -0.3 is 4.74 Å². The van der Waals surface area contributed by atoms with Crippen LogP contribution in [0.5, 0.6) is 0 Å². The second kappa shape index (κ2) is 4.22. The van der Waals surface area contributed by atoms with Gasteiger partial charge in [0.05, 0.1) is 6.42 Å². The molecule has 0 bridgehead atoms. The molecular weight excluding hydrogens is 180 g/mol. The summed E-state index contributed by atoms with van der Waals surface area (Å²) in [6, 6.07) is 0. The van der Waals surface area contributed by atoms with Crippen LogP contribution in [0.1, 0.15) is 32.1 Å². The Morgan fingerprint density at radius 2 is 1.86 bits per heavy atom. The molecule has 0 spiro atoms. The van der Waals surface area contributed by atoms with Gasteiger partial charge >= 0.3 is 0 Å². The van der Waals surface area contributed by atoms with Gasteiger partial charge in [-0.1, -0.05) is 0 Å². The van der Waals surface area contributed by atoms with Crippen LogP contribution in [0.25, 0.3) is 0 Å². The summed E-state index contributed by atoms with van der Waals surface area (Å²) in [5.74, 6) is 1.14. The Morgan fingerprint density at radius 1 is 1.14 bits per heavy atom. The largest absolute Gasteiger partial charge is 0.381 e. The summed E-state index contributed by atoms with van der Waals surface area (Å²) in [6.45, 7) is 1.66. The van der Waals surface area contributed by atoms with E-state index in [-0.39, 0.29) is 18.0 Å². The molecule has 1 saturated carbocycles. The van der Waals surface area contributed by atoms with Crippen molar-refractivity contribution in [2.45, 2.75) is 32.1 Å². The zero-order valence-corrected chi connectivity index (χ0v) is 8.33. The SMILES string of the molecule is O=C1CC(=O)CC(CC2CCOC2)C1. The van der Waals surface area contributed by atoms with Crippen molar-refractivity contribution in [3.8, 4) is 0 Å². The molecule has 3 nitrogen and oxygen atoms in total. The fourth-order valence-corrected chi connectivity index (χ4v) is 2.49. The van der Waals surface area contributed by atoms with Crippen molar-refractivity contribution in [3.63, 3.8) is 0 Å². The van der Waals surface area contributed by atoms with Gasteiger partial charge in [-0.25, -0.2) is 0 Å². The third-order valence-corrected chi connectivity index (χ3v) is 3.12. The second-order valence-electron chi connectivity index (χ2n) is 4.49.